The summed E-state index contributed by atoms with van der Waals surface area (Å²) >= 11 is 6.22. The Morgan fingerprint density at radius 3 is 2.85 bits per heavy atom. The van der Waals surface area contributed by atoms with Crippen LogP contribution in [0.15, 0.2) is 48.9 Å². The molecule has 20 heavy (non-hydrogen) atoms. The van der Waals surface area contributed by atoms with Crippen LogP contribution >= 0.6 is 11.6 Å². The maximum absolute atomic E-state index is 6.22. The molecule has 3 aromatic rings. The molecule has 0 aliphatic carbocycles. The number of benzene rings is 1. The molecule has 0 bridgehead atoms. The zero-order valence-electron chi connectivity index (χ0n) is 11.0. The first-order valence-corrected chi connectivity index (χ1v) is 6.66. The van der Waals surface area contributed by atoms with Crippen molar-refractivity contribution in [2.75, 3.05) is 0 Å². The van der Waals surface area contributed by atoms with E-state index in [4.69, 9.17) is 11.6 Å². The molecule has 4 nitrogen and oxygen atoms in total. The lowest BCUT2D eigenvalue weighted by molar-refractivity contribution is 0.727. The molecule has 2 aromatic heterocycles. The van der Waals surface area contributed by atoms with Crippen LogP contribution in [-0.2, 0) is 6.54 Å². The molecule has 5 heteroatoms. The molecule has 1 aromatic carbocycles. The Morgan fingerprint density at radius 2 is 2.10 bits per heavy atom. The summed E-state index contributed by atoms with van der Waals surface area (Å²) < 4.78 is 2.03. The molecule has 0 aliphatic heterocycles. The van der Waals surface area contributed by atoms with Crippen molar-refractivity contribution in [1.29, 1.82) is 0 Å². The minimum atomic E-state index is 0.650. The molecule has 2 heterocycles. The van der Waals surface area contributed by atoms with Gasteiger partial charge in [-0.3, -0.25) is 0 Å². The number of aryl methyl sites for hydroxylation is 1. The van der Waals surface area contributed by atoms with Crippen molar-refractivity contribution in [3.8, 4) is 11.1 Å². The summed E-state index contributed by atoms with van der Waals surface area (Å²) in [6.45, 7) is 2.61. The molecule has 0 atom stereocenters. The van der Waals surface area contributed by atoms with E-state index in [1.165, 1.54) is 0 Å². The van der Waals surface area contributed by atoms with E-state index in [1.54, 1.807) is 12.4 Å². The number of hydrogen-bond donors (Lipinski definition) is 0. The van der Waals surface area contributed by atoms with Crippen LogP contribution in [0.4, 0.5) is 0 Å². The molecule has 0 saturated heterocycles. The molecule has 100 valence electrons. The predicted octanol–water partition coefficient (Wildman–Crippen LogP) is 3.35. The SMILES string of the molecule is Cc1nccn1Cc1cc(-c2ccccc2Cl)cnn1. The summed E-state index contributed by atoms with van der Waals surface area (Å²) in [5.74, 6) is 0.954. The normalized spacial score (nSPS) is 10.7. The van der Waals surface area contributed by atoms with Gasteiger partial charge in [0, 0.05) is 28.5 Å². The average Bonchev–Trinajstić information content (AvgIpc) is 2.85. The summed E-state index contributed by atoms with van der Waals surface area (Å²) in [4.78, 5) is 4.20. The van der Waals surface area contributed by atoms with E-state index >= 15 is 0 Å². The summed E-state index contributed by atoms with van der Waals surface area (Å²) in [7, 11) is 0. The van der Waals surface area contributed by atoms with E-state index in [9.17, 15) is 0 Å². The van der Waals surface area contributed by atoms with Crippen LogP contribution in [0, 0.1) is 6.92 Å². The van der Waals surface area contributed by atoms with Crippen LogP contribution < -0.4 is 0 Å². The van der Waals surface area contributed by atoms with Crippen molar-refractivity contribution in [2.45, 2.75) is 13.5 Å². The third-order valence-electron chi connectivity index (χ3n) is 3.15. The summed E-state index contributed by atoms with van der Waals surface area (Å²) in [5, 5.41) is 8.95. The van der Waals surface area contributed by atoms with Crippen molar-refractivity contribution >= 4 is 11.6 Å². The second kappa shape index (κ2) is 5.43. The van der Waals surface area contributed by atoms with Gasteiger partial charge in [-0.2, -0.15) is 10.2 Å². The number of hydrogen-bond acceptors (Lipinski definition) is 3. The molecule has 0 fully saturated rings. The van der Waals surface area contributed by atoms with Gasteiger partial charge in [0.05, 0.1) is 18.4 Å². The van der Waals surface area contributed by atoms with Crippen LogP contribution in [0.2, 0.25) is 5.02 Å². The summed E-state index contributed by atoms with van der Waals surface area (Å²) in [6, 6.07) is 9.73. The molecular formula is C15H13ClN4. The Kier molecular flexibility index (Phi) is 3.48. The van der Waals surface area contributed by atoms with E-state index in [1.807, 2.05) is 48.0 Å². The van der Waals surface area contributed by atoms with Crippen molar-refractivity contribution in [2.24, 2.45) is 0 Å². The minimum absolute atomic E-state index is 0.650. The van der Waals surface area contributed by atoms with Gasteiger partial charge in [0.15, 0.2) is 0 Å². The Hall–Kier alpha value is -2.20. The van der Waals surface area contributed by atoms with E-state index in [-0.39, 0.29) is 0 Å². The molecule has 3 rings (SSSR count). The molecule has 0 aliphatic rings. The zero-order chi connectivity index (χ0) is 13.9. The van der Waals surface area contributed by atoms with Crippen LogP contribution in [-0.4, -0.2) is 19.7 Å². The zero-order valence-corrected chi connectivity index (χ0v) is 11.7. The maximum atomic E-state index is 6.22. The van der Waals surface area contributed by atoms with Crippen LogP contribution in [0.3, 0.4) is 0 Å². The predicted molar refractivity (Wildman–Crippen MR) is 78.5 cm³/mol. The van der Waals surface area contributed by atoms with Crippen LogP contribution in [0.1, 0.15) is 11.5 Å². The fourth-order valence-electron chi connectivity index (χ4n) is 2.08. The second-order valence-electron chi connectivity index (χ2n) is 4.52. The molecule has 0 amide bonds. The third-order valence-corrected chi connectivity index (χ3v) is 3.48. The highest BCUT2D eigenvalue weighted by molar-refractivity contribution is 6.33. The van der Waals surface area contributed by atoms with Crippen LogP contribution in [0.25, 0.3) is 11.1 Å². The number of aromatic nitrogens is 4. The fourth-order valence-corrected chi connectivity index (χ4v) is 2.32. The molecule has 0 saturated carbocycles. The van der Waals surface area contributed by atoms with E-state index in [0.29, 0.717) is 11.6 Å². The molecule has 0 radical (unpaired) electrons. The first kappa shape index (κ1) is 12.8. The van der Waals surface area contributed by atoms with Gasteiger partial charge in [-0.1, -0.05) is 29.8 Å². The van der Waals surface area contributed by atoms with Gasteiger partial charge in [0.25, 0.3) is 0 Å². The summed E-state index contributed by atoms with van der Waals surface area (Å²) in [5.41, 5.74) is 2.81. The van der Waals surface area contributed by atoms with Crippen LogP contribution in [0.5, 0.6) is 0 Å². The van der Waals surface area contributed by atoms with Crippen molar-refractivity contribution in [3.05, 3.63) is 65.5 Å². The van der Waals surface area contributed by atoms with Gasteiger partial charge in [-0.25, -0.2) is 4.98 Å². The smallest absolute Gasteiger partial charge is 0.105 e. The average molecular weight is 285 g/mol. The Bertz CT molecular complexity index is 736. The van der Waals surface area contributed by atoms with Crippen molar-refractivity contribution < 1.29 is 0 Å². The lowest BCUT2D eigenvalue weighted by Crippen LogP contribution is -2.04. The highest BCUT2D eigenvalue weighted by Crippen LogP contribution is 2.27. The van der Waals surface area contributed by atoms with Gasteiger partial charge in [0.1, 0.15) is 5.82 Å². The molecular weight excluding hydrogens is 272 g/mol. The standard InChI is InChI=1S/C15H13ClN4/c1-11-17-6-7-20(11)10-13-8-12(9-18-19-13)14-4-2-3-5-15(14)16/h2-9H,10H2,1H3. The maximum Gasteiger partial charge on any atom is 0.105 e. The monoisotopic (exact) mass is 284 g/mol. The molecule has 0 unspecified atom stereocenters. The van der Waals surface area contributed by atoms with Gasteiger partial charge in [-0.15, -0.1) is 0 Å². The highest BCUT2D eigenvalue weighted by Gasteiger charge is 2.06. The molecule has 0 N–H and O–H groups in total. The first-order chi connectivity index (χ1) is 9.74. The number of rotatable bonds is 3. The number of imidazole rings is 1. The van der Waals surface area contributed by atoms with E-state index in [2.05, 4.69) is 15.2 Å². The Labute approximate surface area is 122 Å². The van der Waals surface area contributed by atoms with E-state index in [0.717, 1.165) is 22.6 Å². The highest BCUT2D eigenvalue weighted by atomic mass is 35.5. The summed E-state index contributed by atoms with van der Waals surface area (Å²) in [6.07, 6.45) is 5.44. The van der Waals surface area contributed by atoms with Crippen molar-refractivity contribution in [3.63, 3.8) is 0 Å². The minimum Gasteiger partial charge on any atom is -0.329 e. The molecule has 0 spiro atoms. The topological polar surface area (TPSA) is 43.6 Å². The van der Waals surface area contributed by atoms with Gasteiger partial charge >= 0.3 is 0 Å². The van der Waals surface area contributed by atoms with Gasteiger partial charge in [-0.05, 0) is 19.1 Å². The van der Waals surface area contributed by atoms with Gasteiger partial charge < -0.3 is 4.57 Å². The second-order valence-corrected chi connectivity index (χ2v) is 4.92. The van der Waals surface area contributed by atoms with Crippen molar-refractivity contribution in [1.82, 2.24) is 19.7 Å². The lowest BCUT2D eigenvalue weighted by Gasteiger charge is -2.07. The third kappa shape index (κ3) is 2.56. The first-order valence-electron chi connectivity index (χ1n) is 6.28. The largest absolute Gasteiger partial charge is 0.329 e. The quantitative estimate of drug-likeness (QED) is 0.741. The fraction of sp³-hybridized carbons (Fsp3) is 0.133. The van der Waals surface area contributed by atoms with E-state index < -0.39 is 0 Å². The number of halogens is 1. The van der Waals surface area contributed by atoms with Gasteiger partial charge in [0.2, 0.25) is 0 Å². The number of nitrogens with zero attached hydrogens (tertiary/aromatic N) is 4. The Balaban J connectivity index is 1.94. The Morgan fingerprint density at radius 1 is 1.25 bits per heavy atom. The lowest BCUT2D eigenvalue weighted by atomic mass is 10.1.